The average molecular weight is 532 g/mol. The minimum absolute atomic E-state index is 0.0317. The molecule has 1 atom stereocenters. The Morgan fingerprint density at radius 1 is 1.05 bits per heavy atom. The van der Waals surface area contributed by atoms with E-state index in [-0.39, 0.29) is 36.6 Å². The van der Waals surface area contributed by atoms with E-state index in [1.807, 2.05) is 74.5 Å². The molecule has 0 aliphatic carbocycles. The van der Waals surface area contributed by atoms with Gasteiger partial charge in [0.25, 0.3) is 5.91 Å². The van der Waals surface area contributed by atoms with Gasteiger partial charge in [0, 0.05) is 16.1 Å². The number of aliphatic carboxylic acids is 1. The molecule has 2 amide bonds. The fourth-order valence-corrected chi connectivity index (χ4v) is 4.79. The van der Waals surface area contributed by atoms with Crippen molar-refractivity contribution in [2.45, 2.75) is 31.2 Å². The van der Waals surface area contributed by atoms with Crippen LogP contribution in [0.15, 0.2) is 88.9 Å². The monoisotopic (exact) mass is 531 g/mol. The van der Waals surface area contributed by atoms with Crippen LogP contribution in [0.5, 0.6) is 0 Å². The number of rotatable bonds is 10. The summed E-state index contributed by atoms with van der Waals surface area (Å²) in [4.78, 5) is 37.3. The fraction of sp³-hybridized carbons (Fsp3) is 0.241. The number of ether oxygens (including phenoxy) is 1. The number of anilines is 1. The molecule has 0 saturated heterocycles. The van der Waals surface area contributed by atoms with Gasteiger partial charge >= 0.3 is 5.97 Å². The van der Waals surface area contributed by atoms with Gasteiger partial charge in [0.1, 0.15) is 0 Å². The van der Waals surface area contributed by atoms with E-state index >= 15 is 0 Å². The smallest absolute Gasteiger partial charge is 0.313 e. The van der Waals surface area contributed by atoms with Gasteiger partial charge in [-0.2, -0.15) is 0 Å². The van der Waals surface area contributed by atoms with Crippen molar-refractivity contribution in [1.29, 1.82) is 0 Å². The summed E-state index contributed by atoms with van der Waals surface area (Å²) in [5, 5.41) is 17.7. The van der Waals surface area contributed by atoms with Gasteiger partial charge in [-0.15, -0.1) is 16.9 Å². The van der Waals surface area contributed by atoms with Crippen LogP contribution in [0, 0.1) is 5.92 Å². The lowest BCUT2D eigenvalue weighted by Gasteiger charge is -2.24. The van der Waals surface area contributed by atoms with E-state index in [1.54, 1.807) is 18.2 Å². The molecular weight excluding hydrogens is 502 g/mol. The van der Waals surface area contributed by atoms with Crippen LogP contribution in [0.3, 0.4) is 0 Å². The minimum atomic E-state index is -0.894. The molecule has 9 heteroatoms. The third-order valence-corrected chi connectivity index (χ3v) is 6.92. The third-order valence-electron chi connectivity index (χ3n) is 5.94. The SMILES string of the molecule is CC(C)C(C(=O)Nc1cccc(SCC(=O)O)c1)c1ccc(CN2N=C(c3ccccc3)OCC2=O)cc1. The maximum atomic E-state index is 13.3. The topological polar surface area (TPSA) is 108 Å². The second-order valence-corrected chi connectivity index (χ2v) is 10.2. The molecule has 8 nitrogen and oxygen atoms in total. The number of hydrazone groups is 1. The summed E-state index contributed by atoms with van der Waals surface area (Å²) in [5.74, 6) is -1.27. The lowest BCUT2D eigenvalue weighted by molar-refractivity contribution is -0.136. The second-order valence-electron chi connectivity index (χ2n) is 9.17. The summed E-state index contributed by atoms with van der Waals surface area (Å²) >= 11 is 1.20. The van der Waals surface area contributed by atoms with Crippen LogP contribution < -0.4 is 5.32 Å². The first-order valence-electron chi connectivity index (χ1n) is 12.2. The number of carboxylic acids is 1. The van der Waals surface area contributed by atoms with Gasteiger partial charge < -0.3 is 15.2 Å². The van der Waals surface area contributed by atoms with E-state index in [0.29, 0.717) is 11.6 Å². The Balaban J connectivity index is 1.45. The van der Waals surface area contributed by atoms with Gasteiger partial charge in [-0.3, -0.25) is 14.4 Å². The van der Waals surface area contributed by atoms with Crippen LogP contribution in [0.1, 0.15) is 36.5 Å². The summed E-state index contributed by atoms with van der Waals surface area (Å²) < 4.78 is 5.51. The molecule has 38 heavy (non-hydrogen) atoms. The average Bonchev–Trinajstić information content (AvgIpc) is 2.90. The molecule has 1 aliphatic heterocycles. The highest BCUT2D eigenvalue weighted by Crippen LogP contribution is 2.28. The molecule has 0 saturated carbocycles. The predicted molar refractivity (Wildman–Crippen MR) is 147 cm³/mol. The van der Waals surface area contributed by atoms with Gasteiger partial charge in [-0.05, 0) is 47.4 Å². The van der Waals surface area contributed by atoms with Gasteiger partial charge in [-0.1, -0.05) is 62.4 Å². The molecule has 3 aromatic carbocycles. The number of carbonyl (C=O) groups is 3. The summed E-state index contributed by atoms with van der Waals surface area (Å²) in [5.41, 5.74) is 3.16. The Kier molecular flexibility index (Phi) is 8.81. The number of amides is 2. The molecule has 4 rings (SSSR count). The highest BCUT2D eigenvalue weighted by Gasteiger charge is 2.26. The van der Waals surface area contributed by atoms with Crippen LogP contribution >= 0.6 is 11.8 Å². The number of nitrogens with zero attached hydrogens (tertiary/aromatic N) is 2. The lowest BCUT2D eigenvalue weighted by atomic mass is 9.87. The maximum absolute atomic E-state index is 13.3. The van der Waals surface area contributed by atoms with Gasteiger partial charge in [0.05, 0.1) is 18.2 Å². The zero-order valence-corrected chi connectivity index (χ0v) is 22.0. The summed E-state index contributed by atoms with van der Waals surface area (Å²) in [6, 6.07) is 24.2. The normalized spacial score (nSPS) is 14.0. The molecule has 1 unspecified atom stereocenters. The van der Waals surface area contributed by atoms with Crippen molar-refractivity contribution in [3.05, 3.63) is 95.6 Å². The van der Waals surface area contributed by atoms with E-state index in [4.69, 9.17) is 9.84 Å². The number of carbonyl (C=O) groups excluding carboxylic acids is 2. The first-order chi connectivity index (χ1) is 18.3. The number of hydrogen-bond acceptors (Lipinski definition) is 6. The van der Waals surface area contributed by atoms with Crippen molar-refractivity contribution in [1.82, 2.24) is 5.01 Å². The second kappa shape index (κ2) is 12.4. The largest absolute Gasteiger partial charge is 0.481 e. The molecular formula is C29H29N3O5S. The molecule has 0 spiro atoms. The molecule has 196 valence electrons. The van der Waals surface area contributed by atoms with Crippen LogP contribution in [-0.4, -0.2) is 46.2 Å². The Hall–Kier alpha value is -4.11. The zero-order valence-electron chi connectivity index (χ0n) is 21.2. The molecule has 0 aromatic heterocycles. The number of carboxylic acid groups (broad SMARTS) is 1. The molecule has 1 aliphatic rings. The molecule has 3 aromatic rings. The quantitative estimate of drug-likeness (QED) is 0.358. The summed E-state index contributed by atoms with van der Waals surface area (Å²) in [6.45, 7) is 4.20. The van der Waals surface area contributed by atoms with E-state index in [1.165, 1.54) is 16.8 Å². The van der Waals surface area contributed by atoms with E-state index < -0.39 is 11.9 Å². The first kappa shape index (κ1) is 26.9. The van der Waals surface area contributed by atoms with E-state index in [9.17, 15) is 14.4 Å². The van der Waals surface area contributed by atoms with Crippen LogP contribution in [0.4, 0.5) is 5.69 Å². The Labute approximate surface area is 225 Å². The van der Waals surface area contributed by atoms with E-state index in [0.717, 1.165) is 21.6 Å². The van der Waals surface area contributed by atoms with Crippen molar-refractivity contribution in [3.8, 4) is 0 Å². The van der Waals surface area contributed by atoms with Crippen molar-refractivity contribution in [3.63, 3.8) is 0 Å². The lowest BCUT2D eigenvalue weighted by Crippen LogP contribution is -2.36. The highest BCUT2D eigenvalue weighted by atomic mass is 32.2. The van der Waals surface area contributed by atoms with Crippen LogP contribution in [0.25, 0.3) is 0 Å². The molecule has 0 radical (unpaired) electrons. The van der Waals surface area contributed by atoms with Crippen molar-refractivity contribution >= 4 is 41.1 Å². The Morgan fingerprint density at radius 2 is 1.79 bits per heavy atom. The Morgan fingerprint density at radius 3 is 2.47 bits per heavy atom. The van der Waals surface area contributed by atoms with Crippen molar-refractivity contribution in [2.24, 2.45) is 11.0 Å². The predicted octanol–water partition coefficient (Wildman–Crippen LogP) is 4.96. The number of thioether (sulfide) groups is 1. The third kappa shape index (κ3) is 7.01. The van der Waals surface area contributed by atoms with Gasteiger partial charge in [0.2, 0.25) is 11.8 Å². The van der Waals surface area contributed by atoms with E-state index in [2.05, 4.69) is 10.4 Å². The summed E-state index contributed by atoms with van der Waals surface area (Å²) in [6.07, 6.45) is 0. The number of benzene rings is 3. The van der Waals surface area contributed by atoms with Crippen molar-refractivity contribution < 1.29 is 24.2 Å². The summed E-state index contributed by atoms with van der Waals surface area (Å²) in [7, 11) is 0. The molecule has 2 N–H and O–H groups in total. The van der Waals surface area contributed by atoms with Gasteiger partial charge in [0.15, 0.2) is 6.61 Å². The van der Waals surface area contributed by atoms with Crippen molar-refractivity contribution in [2.75, 3.05) is 17.7 Å². The zero-order chi connectivity index (χ0) is 27.1. The van der Waals surface area contributed by atoms with Gasteiger partial charge in [-0.25, -0.2) is 5.01 Å². The minimum Gasteiger partial charge on any atom is -0.481 e. The number of hydrogen-bond donors (Lipinski definition) is 2. The fourth-order valence-electron chi connectivity index (χ4n) is 4.12. The number of nitrogens with one attached hydrogen (secondary N) is 1. The van der Waals surface area contributed by atoms with Crippen LogP contribution in [0.2, 0.25) is 0 Å². The molecule has 0 fully saturated rings. The molecule has 0 bridgehead atoms. The standard InChI is InChI=1S/C29H29N3O5S/c1-19(2)27(28(36)30-23-9-6-10-24(15-23)38-18-26(34)35)21-13-11-20(12-14-21)16-32-25(33)17-37-29(31-32)22-7-4-3-5-8-22/h3-15,19,27H,16-18H2,1-2H3,(H,30,36)(H,34,35). The Bertz CT molecular complexity index is 1330. The molecule has 1 heterocycles. The highest BCUT2D eigenvalue weighted by molar-refractivity contribution is 8.00. The first-order valence-corrected chi connectivity index (χ1v) is 13.2. The maximum Gasteiger partial charge on any atom is 0.313 e. The van der Waals surface area contributed by atoms with Crippen LogP contribution in [-0.2, 0) is 25.7 Å².